The third-order valence-corrected chi connectivity index (χ3v) is 4.18. The zero-order valence-corrected chi connectivity index (χ0v) is 13.9. The van der Waals surface area contributed by atoms with Crippen molar-refractivity contribution in [3.63, 3.8) is 0 Å². The molecule has 0 bridgehead atoms. The van der Waals surface area contributed by atoms with Gasteiger partial charge in [-0.05, 0) is 37.1 Å². The molecule has 0 atom stereocenters. The van der Waals surface area contributed by atoms with E-state index in [2.05, 4.69) is 10.3 Å². The lowest BCUT2D eigenvalue weighted by Crippen LogP contribution is -2.27. The molecule has 0 spiro atoms. The second-order valence-corrected chi connectivity index (χ2v) is 6.21. The Morgan fingerprint density at radius 2 is 1.88 bits per heavy atom. The van der Waals surface area contributed by atoms with Crippen LogP contribution < -0.4 is 5.32 Å². The lowest BCUT2D eigenvalue weighted by atomic mass is 10.1. The second kappa shape index (κ2) is 6.92. The number of hydrogen-bond donors (Lipinski definition) is 1. The van der Waals surface area contributed by atoms with Gasteiger partial charge in [-0.2, -0.15) is 13.2 Å². The summed E-state index contributed by atoms with van der Waals surface area (Å²) in [5, 5.41) is 2.67. The smallest absolute Gasteiger partial charge is 0.354 e. The molecule has 0 unspecified atom stereocenters. The van der Waals surface area contributed by atoms with Crippen LogP contribution in [0.5, 0.6) is 0 Å². The average molecular weight is 370 g/mol. The number of alkyl halides is 3. The Morgan fingerprint density at radius 3 is 2.56 bits per heavy atom. The first-order valence-corrected chi connectivity index (χ1v) is 8.10. The van der Waals surface area contributed by atoms with E-state index in [0.717, 1.165) is 18.9 Å². The maximum atomic E-state index is 13.2. The van der Waals surface area contributed by atoms with Gasteiger partial charge < -0.3 is 10.2 Å². The Labute approximate surface area is 147 Å². The summed E-state index contributed by atoms with van der Waals surface area (Å²) in [5.74, 6) is -0.166. The van der Waals surface area contributed by atoms with Crippen LogP contribution in [0.3, 0.4) is 0 Å². The van der Waals surface area contributed by atoms with Crippen LogP contribution in [-0.4, -0.2) is 28.9 Å². The Bertz CT molecular complexity index is 789. The number of nitrogens with one attached hydrogen (secondary N) is 1. The summed E-state index contributed by atoms with van der Waals surface area (Å²) in [4.78, 5) is 18.1. The standard InChI is InChI=1S/C17H15ClF3N3O/c18-12-3-4-15(14(8-12)17(19,20)21)23-13-7-11(9-22-10-13)16(25)24-5-1-2-6-24/h3-4,7-10,23H,1-2,5-6H2. The van der Waals surface area contributed by atoms with Crippen molar-refractivity contribution in [2.75, 3.05) is 18.4 Å². The summed E-state index contributed by atoms with van der Waals surface area (Å²) in [6.07, 6.45) is 0.144. The second-order valence-electron chi connectivity index (χ2n) is 5.77. The number of aromatic nitrogens is 1. The van der Waals surface area contributed by atoms with Gasteiger partial charge in [0.15, 0.2) is 0 Å². The largest absolute Gasteiger partial charge is 0.418 e. The first-order valence-electron chi connectivity index (χ1n) is 7.73. The van der Waals surface area contributed by atoms with Crippen LogP contribution in [0.2, 0.25) is 5.02 Å². The van der Waals surface area contributed by atoms with Gasteiger partial charge in [0.2, 0.25) is 0 Å². The first-order chi connectivity index (χ1) is 11.8. The van der Waals surface area contributed by atoms with Gasteiger partial charge in [-0.3, -0.25) is 9.78 Å². The van der Waals surface area contributed by atoms with Gasteiger partial charge in [-0.1, -0.05) is 11.6 Å². The number of benzene rings is 1. The maximum Gasteiger partial charge on any atom is 0.418 e. The molecule has 2 heterocycles. The third kappa shape index (κ3) is 4.04. The lowest BCUT2D eigenvalue weighted by molar-refractivity contribution is -0.136. The van der Waals surface area contributed by atoms with Crippen molar-refractivity contribution >= 4 is 28.9 Å². The highest BCUT2D eigenvalue weighted by Crippen LogP contribution is 2.37. The number of nitrogens with zero attached hydrogens (tertiary/aromatic N) is 2. The van der Waals surface area contributed by atoms with Crippen LogP contribution in [0.25, 0.3) is 0 Å². The molecule has 25 heavy (non-hydrogen) atoms. The molecule has 1 aromatic carbocycles. The van der Waals surface area contributed by atoms with Crippen LogP contribution in [-0.2, 0) is 6.18 Å². The summed E-state index contributed by atoms with van der Waals surface area (Å²) in [7, 11) is 0. The number of likely N-dealkylation sites (tertiary alicyclic amines) is 1. The highest BCUT2D eigenvalue weighted by molar-refractivity contribution is 6.30. The normalized spacial score (nSPS) is 14.6. The fraction of sp³-hybridized carbons (Fsp3) is 0.294. The minimum Gasteiger partial charge on any atom is -0.354 e. The fourth-order valence-corrected chi connectivity index (χ4v) is 2.92. The van der Waals surface area contributed by atoms with Crippen molar-refractivity contribution in [1.29, 1.82) is 0 Å². The molecule has 3 rings (SSSR count). The Morgan fingerprint density at radius 1 is 1.16 bits per heavy atom. The molecule has 4 nitrogen and oxygen atoms in total. The van der Waals surface area contributed by atoms with Gasteiger partial charge in [-0.25, -0.2) is 0 Å². The predicted molar refractivity (Wildman–Crippen MR) is 89.1 cm³/mol. The van der Waals surface area contributed by atoms with E-state index in [1.54, 1.807) is 4.90 Å². The van der Waals surface area contributed by atoms with Gasteiger partial charge in [0.05, 0.1) is 28.7 Å². The van der Waals surface area contributed by atoms with Gasteiger partial charge in [0, 0.05) is 24.3 Å². The van der Waals surface area contributed by atoms with Gasteiger partial charge in [0.25, 0.3) is 5.91 Å². The number of carbonyl (C=O) groups is 1. The van der Waals surface area contributed by atoms with E-state index in [-0.39, 0.29) is 16.6 Å². The quantitative estimate of drug-likeness (QED) is 0.850. The molecule has 132 valence electrons. The highest BCUT2D eigenvalue weighted by atomic mass is 35.5. The molecular weight excluding hydrogens is 355 g/mol. The van der Waals surface area contributed by atoms with Crippen molar-refractivity contribution in [3.05, 3.63) is 52.8 Å². The van der Waals surface area contributed by atoms with E-state index in [1.807, 2.05) is 0 Å². The average Bonchev–Trinajstić information content (AvgIpc) is 3.09. The molecule has 1 fully saturated rings. The van der Waals surface area contributed by atoms with E-state index < -0.39 is 11.7 Å². The van der Waals surface area contributed by atoms with E-state index in [9.17, 15) is 18.0 Å². The molecule has 0 radical (unpaired) electrons. The number of halogens is 4. The van der Waals surface area contributed by atoms with Gasteiger partial charge >= 0.3 is 6.18 Å². The SMILES string of the molecule is O=C(c1cncc(Nc2ccc(Cl)cc2C(F)(F)F)c1)N1CCCC1. The molecule has 1 amide bonds. The topological polar surface area (TPSA) is 45.2 Å². The van der Waals surface area contributed by atoms with E-state index in [1.165, 1.54) is 30.6 Å². The van der Waals surface area contributed by atoms with Crippen LogP contribution in [0.15, 0.2) is 36.7 Å². The van der Waals surface area contributed by atoms with E-state index in [0.29, 0.717) is 24.3 Å². The van der Waals surface area contributed by atoms with Crippen molar-refractivity contribution in [2.24, 2.45) is 0 Å². The molecule has 1 aliphatic rings. The van der Waals surface area contributed by atoms with Gasteiger partial charge in [-0.15, -0.1) is 0 Å². The lowest BCUT2D eigenvalue weighted by Gasteiger charge is -2.17. The van der Waals surface area contributed by atoms with E-state index in [4.69, 9.17) is 11.6 Å². The molecule has 0 saturated carbocycles. The highest BCUT2D eigenvalue weighted by Gasteiger charge is 2.34. The molecule has 1 aliphatic heterocycles. The van der Waals surface area contributed by atoms with Crippen molar-refractivity contribution < 1.29 is 18.0 Å². The van der Waals surface area contributed by atoms with Crippen LogP contribution in [0, 0.1) is 0 Å². The number of rotatable bonds is 3. The summed E-state index contributed by atoms with van der Waals surface area (Å²) < 4.78 is 39.5. The Balaban J connectivity index is 1.87. The Hall–Kier alpha value is -2.28. The van der Waals surface area contributed by atoms with Crippen LogP contribution >= 0.6 is 11.6 Å². The molecule has 0 aliphatic carbocycles. The molecule has 1 N–H and O–H groups in total. The zero-order valence-electron chi connectivity index (χ0n) is 13.1. The summed E-state index contributed by atoms with van der Waals surface area (Å²) in [6, 6.07) is 4.98. The summed E-state index contributed by atoms with van der Waals surface area (Å²) in [5.41, 5.74) is -0.381. The third-order valence-electron chi connectivity index (χ3n) is 3.94. The zero-order chi connectivity index (χ0) is 18.0. The summed E-state index contributed by atoms with van der Waals surface area (Å²) in [6.45, 7) is 1.37. The fourth-order valence-electron chi connectivity index (χ4n) is 2.74. The molecular formula is C17H15ClF3N3O. The number of pyridine rings is 1. The molecule has 1 saturated heterocycles. The number of carbonyl (C=O) groups excluding carboxylic acids is 1. The summed E-state index contributed by atoms with van der Waals surface area (Å²) >= 11 is 5.68. The number of anilines is 2. The minimum absolute atomic E-state index is 0.00559. The van der Waals surface area contributed by atoms with Gasteiger partial charge in [0.1, 0.15) is 0 Å². The molecule has 2 aromatic rings. The first kappa shape index (κ1) is 17.5. The predicted octanol–water partition coefficient (Wildman–Crippen LogP) is 4.73. The van der Waals surface area contributed by atoms with Crippen molar-refractivity contribution in [3.8, 4) is 0 Å². The van der Waals surface area contributed by atoms with Crippen molar-refractivity contribution in [1.82, 2.24) is 9.88 Å². The van der Waals surface area contributed by atoms with E-state index >= 15 is 0 Å². The molecule has 8 heteroatoms. The monoisotopic (exact) mass is 369 g/mol. The molecule has 1 aromatic heterocycles. The van der Waals surface area contributed by atoms with Crippen LogP contribution in [0.4, 0.5) is 24.5 Å². The minimum atomic E-state index is -4.55. The van der Waals surface area contributed by atoms with Crippen LogP contribution in [0.1, 0.15) is 28.8 Å². The number of amides is 1. The maximum absolute atomic E-state index is 13.2. The number of hydrogen-bond acceptors (Lipinski definition) is 3. The van der Waals surface area contributed by atoms with Crippen molar-refractivity contribution in [2.45, 2.75) is 19.0 Å². The Kier molecular flexibility index (Phi) is 4.85.